The Morgan fingerprint density at radius 1 is 1.47 bits per heavy atom. The van der Waals surface area contributed by atoms with Crippen molar-refractivity contribution in [3.63, 3.8) is 0 Å². The Kier molecular flexibility index (Phi) is 4.81. The molecular formula is C12H20BrNS. The van der Waals surface area contributed by atoms with Gasteiger partial charge in [-0.2, -0.15) is 0 Å². The molecule has 0 aliphatic rings. The maximum atomic E-state index is 3.51. The minimum atomic E-state index is 0.368. The highest BCUT2D eigenvalue weighted by Crippen LogP contribution is 2.32. The first-order valence-corrected chi connectivity index (χ1v) is 6.95. The predicted octanol–water partition coefficient (Wildman–Crippen LogP) is 4.08. The van der Waals surface area contributed by atoms with Gasteiger partial charge in [-0.15, -0.1) is 11.3 Å². The van der Waals surface area contributed by atoms with E-state index in [9.17, 15) is 0 Å². The third kappa shape index (κ3) is 4.66. The first kappa shape index (κ1) is 13.2. The van der Waals surface area contributed by atoms with Crippen LogP contribution in [0.1, 0.15) is 32.1 Å². The summed E-state index contributed by atoms with van der Waals surface area (Å²) in [5.41, 5.74) is 0.368. The number of thiophene rings is 1. The van der Waals surface area contributed by atoms with Crippen LogP contribution in [0.15, 0.2) is 15.9 Å². The van der Waals surface area contributed by atoms with Crippen molar-refractivity contribution in [2.75, 3.05) is 7.05 Å². The van der Waals surface area contributed by atoms with Crippen LogP contribution in [0.25, 0.3) is 0 Å². The molecule has 0 saturated carbocycles. The van der Waals surface area contributed by atoms with Crippen molar-refractivity contribution in [1.82, 2.24) is 5.32 Å². The Bertz CT molecular complexity index is 306. The van der Waals surface area contributed by atoms with Crippen molar-refractivity contribution >= 4 is 27.3 Å². The smallest absolute Gasteiger partial charge is 0.0701 e. The lowest BCUT2D eigenvalue weighted by atomic mass is 9.82. The summed E-state index contributed by atoms with van der Waals surface area (Å²) >= 11 is 5.36. The second-order valence-corrected chi connectivity index (χ2v) is 7.49. The van der Waals surface area contributed by atoms with Crippen LogP contribution >= 0.6 is 27.3 Å². The minimum absolute atomic E-state index is 0.368. The van der Waals surface area contributed by atoms with Crippen LogP contribution < -0.4 is 5.32 Å². The van der Waals surface area contributed by atoms with Crippen LogP contribution in [0.5, 0.6) is 0 Å². The van der Waals surface area contributed by atoms with Crippen molar-refractivity contribution in [3.05, 3.63) is 20.8 Å². The van der Waals surface area contributed by atoms with Gasteiger partial charge in [-0.1, -0.05) is 13.8 Å². The van der Waals surface area contributed by atoms with Crippen molar-refractivity contribution in [1.29, 1.82) is 0 Å². The van der Waals surface area contributed by atoms with Crippen molar-refractivity contribution < 1.29 is 0 Å². The lowest BCUT2D eigenvalue weighted by Gasteiger charge is -2.27. The third-order valence-corrected chi connectivity index (χ3v) is 4.26. The van der Waals surface area contributed by atoms with E-state index in [2.05, 4.69) is 54.2 Å². The summed E-state index contributed by atoms with van der Waals surface area (Å²) < 4.78 is 1.23. The number of hydrogen-bond donors (Lipinski definition) is 1. The molecule has 0 fully saturated rings. The topological polar surface area (TPSA) is 12.0 Å². The molecule has 1 heterocycles. The molecule has 1 N–H and O–H groups in total. The lowest BCUT2D eigenvalue weighted by molar-refractivity contribution is 0.295. The fourth-order valence-corrected chi connectivity index (χ4v) is 3.66. The molecule has 1 atom stereocenters. The van der Waals surface area contributed by atoms with Gasteiger partial charge in [-0.05, 0) is 60.3 Å². The van der Waals surface area contributed by atoms with Gasteiger partial charge in [-0.25, -0.2) is 0 Å². The molecule has 0 radical (unpaired) electrons. The molecule has 0 aromatic carbocycles. The Hall–Kier alpha value is 0.140. The van der Waals surface area contributed by atoms with Crippen LogP contribution in [-0.4, -0.2) is 13.1 Å². The van der Waals surface area contributed by atoms with Gasteiger partial charge < -0.3 is 5.32 Å². The van der Waals surface area contributed by atoms with E-state index in [-0.39, 0.29) is 0 Å². The van der Waals surface area contributed by atoms with Gasteiger partial charge >= 0.3 is 0 Å². The molecular weight excluding hydrogens is 270 g/mol. The largest absolute Gasteiger partial charge is 0.317 e. The average Bonchev–Trinajstić information content (AvgIpc) is 2.49. The molecule has 1 rings (SSSR count). The SMILES string of the molecule is CNC(C)CC(C)(C)Cc1ccc(Br)s1. The summed E-state index contributed by atoms with van der Waals surface area (Å²) in [6.07, 6.45) is 2.37. The van der Waals surface area contributed by atoms with E-state index in [0.717, 1.165) is 6.42 Å². The number of rotatable bonds is 5. The van der Waals surface area contributed by atoms with E-state index < -0.39 is 0 Å². The summed E-state index contributed by atoms with van der Waals surface area (Å²) in [5.74, 6) is 0. The summed E-state index contributed by atoms with van der Waals surface area (Å²) in [6.45, 7) is 6.93. The van der Waals surface area contributed by atoms with Crippen LogP contribution in [0.2, 0.25) is 0 Å². The van der Waals surface area contributed by atoms with Gasteiger partial charge in [0.05, 0.1) is 3.79 Å². The van der Waals surface area contributed by atoms with E-state index in [4.69, 9.17) is 0 Å². The summed E-state index contributed by atoms with van der Waals surface area (Å²) in [6, 6.07) is 4.95. The van der Waals surface area contributed by atoms with Gasteiger partial charge in [0.1, 0.15) is 0 Å². The Morgan fingerprint density at radius 2 is 2.13 bits per heavy atom. The maximum absolute atomic E-state index is 3.51. The zero-order chi connectivity index (χ0) is 11.5. The van der Waals surface area contributed by atoms with Gasteiger partial charge in [0.2, 0.25) is 0 Å². The van der Waals surface area contributed by atoms with Crippen LogP contribution in [-0.2, 0) is 6.42 Å². The zero-order valence-electron chi connectivity index (χ0n) is 9.93. The summed E-state index contributed by atoms with van der Waals surface area (Å²) in [7, 11) is 2.03. The van der Waals surface area contributed by atoms with E-state index in [1.807, 2.05) is 18.4 Å². The summed E-state index contributed by atoms with van der Waals surface area (Å²) in [5, 5.41) is 3.31. The van der Waals surface area contributed by atoms with Crippen molar-refractivity contribution in [2.45, 2.75) is 39.7 Å². The Morgan fingerprint density at radius 3 is 2.60 bits per heavy atom. The number of nitrogens with one attached hydrogen (secondary N) is 1. The molecule has 0 aliphatic carbocycles. The van der Waals surface area contributed by atoms with E-state index in [0.29, 0.717) is 11.5 Å². The van der Waals surface area contributed by atoms with Crippen LogP contribution in [0.4, 0.5) is 0 Å². The molecule has 0 amide bonds. The van der Waals surface area contributed by atoms with Gasteiger partial charge in [0.15, 0.2) is 0 Å². The first-order chi connectivity index (χ1) is 6.93. The van der Waals surface area contributed by atoms with Crippen molar-refractivity contribution in [2.24, 2.45) is 5.41 Å². The second-order valence-electron chi connectivity index (χ2n) is 4.94. The molecule has 1 aromatic rings. The standard InChI is InChI=1S/C12H20BrNS/c1-9(14-4)7-12(2,3)8-10-5-6-11(13)15-10/h5-6,9,14H,7-8H2,1-4H3. The monoisotopic (exact) mass is 289 g/mol. The average molecular weight is 290 g/mol. The summed E-state index contributed by atoms with van der Waals surface area (Å²) in [4.78, 5) is 1.47. The highest BCUT2D eigenvalue weighted by atomic mass is 79.9. The molecule has 3 heteroatoms. The highest BCUT2D eigenvalue weighted by molar-refractivity contribution is 9.11. The van der Waals surface area contributed by atoms with E-state index >= 15 is 0 Å². The number of halogens is 1. The normalized spacial score (nSPS) is 14.2. The molecule has 0 aliphatic heterocycles. The first-order valence-electron chi connectivity index (χ1n) is 5.34. The van der Waals surface area contributed by atoms with E-state index in [1.54, 1.807) is 0 Å². The predicted molar refractivity (Wildman–Crippen MR) is 72.6 cm³/mol. The third-order valence-electron chi connectivity index (χ3n) is 2.63. The molecule has 15 heavy (non-hydrogen) atoms. The number of hydrogen-bond acceptors (Lipinski definition) is 2. The zero-order valence-corrected chi connectivity index (χ0v) is 12.3. The van der Waals surface area contributed by atoms with Gasteiger partial charge in [-0.3, -0.25) is 0 Å². The molecule has 0 bridgehead atoms. The minimum Gasteiger partial charge on any atom is -0.317 e. The Balaban J connectivity index is 2.55. The van der Waals surface area contributed by atoms with E-state index in [1.165, 1.54) is 15.1 Å². The second kappa shape index (κ2) is 5.46. The molecule has 86 valence electrons. The van der Waals surface area contributed by atoms with Gasteiger partial charge in [0, 0.05) is 10.9 Å². The molecule has 1 nitrogen and oxygen atoms in total. The molecule has 0 spiro atoms. The molecule has 1 aromatic heterocycles. The fourth-order valence-electron chi connectivity index (χ4n) is 1.92. The fraction of sp³-hybridized carbons (Fsp3) is 0.667. The van der Waals surface area contributed by atoms with Crippen LogP contribution in [0.3, 0.4) is 0 Å². The van der Waals surface area contributed by atoms with Crippen molar-refractivity contribution in [3.8, 4) is 0 Å². The Labute approximate surface area is 105 Å². The highest BCUT2D eigenvalue weighted by Gasteiger charge is 2.21. The molecule has 1 unspecified atom stereocenters. The maximum Gasteiger partial charge on any atom is 0.0701 e. The van der Waals surface area contributed by atoms with Crippen LogP contribution in [0, 0.1) is 5.41 Å². The quantitative estimate of drug-likeness (QED) is 0.861. The van der Waals surface area contributed by atoms with Gasteiger partial charge in [0.25, 0.3) is 0 Å². The lowest BCUT2D eigenvalue weighted by Crippen LogP contribution is -2.29. The molecule has 0 saturated heterocycles.